The number of hydrogen-bond acceptors (Lipinski definition) is 3. The van der Waals surface area contributed by atoms with E-state index in [1.54, 1.807) is 20.9 Å². The van der Waals surface area contributed by atoms with E-state index in [1.165, 1.54) is 0 Å². The molecule has 0 aromatic heterocycles. The van der Waals surface area contributed by atoms with Crippen molar-refractivity contribution in [2.75, 3.05) is 13.6 Å². The maximum atomic E-state index is 11.7. The van der Waals surface area contributed by atoms with E-state index in [2.05, 4.69) is 10.6 Å². The first-order valence-corrected chi connectivity index (χ1v) is 6.07. The molecule has 0 spiro atoms. The van der Waals surface area contributed by atoms with E-state index < -0.39 is 5.41 Å². The van der Waals surface area contributed by atoms with Crippen molar-refractivity contribution in [1.29, 1.82) is 0 Å². The van der Waals surface area contributed by atoms with Crippen LogP contribution in [0.25, 0.3) is 0 Å². The number of carbonyl (C=O) groups is 2. The van der Waals surface area contributed by atoms with Gasteiger partial charge in [-0.2, -0.15) is 0 Å². The molecule has 1 saturated carbocycles. The van der Waals surface area contributed by atoms with Crippen molar-refractivity contribution in [3.8, 4) is 0 Å². The van der Waals surface area contributed by atoms with Crippen LogP contribution in [0.5, 0.6) is 0 Å². The van der Waals surface area contributed by atoms with E-state index in [0.29, 0.717) is 13.0 Å². The van der Waals surface area contributed by atoms with Crippen LogP contribution in [0.15, 0.2) is 0 Å². The molecule has 1 aliphatic rings. The predicted octanol–water partition coefficient (Wildman–Crippen LogP) is 0.146. The fraction of sp³-hybridized carbons (Fsp3) is 0.833. The van der Waals surface area contributed by atoms with Gasteiger partial charge < -0.3 is 16.4 Å². The van der Waals surface area contributed by atoms with Gasteiger partial charge in [-0.25, -0.2) is 0 Å². The zero-order chi connectivity index (χ0) is 13.1. The fourth-order valence-electron chi connectivity index (χ4n) is 1.93. The van der Waals surface area contributed by atoms with E-state index >= 15 is 0 Å². The molecule has 0 aromatic rings. The quantitative estimate of drug-likeness (QED) is 0.640. The summed E-state index contributed by atoms with van der Waals surface area (Å²) in [6.07, 6.45) is 3.29. The minimum absolute atomic E-state index is 0.0656. The highest BCUT2D eigenvalue weighted by molar-refractivity contribution is 5.83. The number of nitrogens with one attached hydrogen (secondary N) is 2. The van der Waals surface area contributed by atoms with Gasteiger partial charge in [-0.1, -0.05) is 0 Å². The van der Waals surface area contributed by atoms with E-state index in [4.69, 9.17) is 5.73 Å². The lowest BCUT2D eigenvalue weighted by Crippen LogP contribution is -2.51. The third kappa shape index (κ3) is 3.70. The Morgan fingerprint density at radius 2 is 1.94 bits per heavy atom. The van der Waals surface area contributed by atoms with Crippen LogP contribution in [0, 0.1) is 5.41 Å². The second kappa shape index (κ2) is 5.04. The summed E-state index contributed by atoms with van der Waals surface area (Å²) < 4.78 is 0. The molecule has 0 aliphatic heterocycles. The number of rotatable bonds is 5. The SMILES string of the molecule is CNC(=O)C(C)(C)CNC(=O)CC1(N)CCC1. The van der Waals surface area contributed by atoms with E-state index in [1.807, 2.05) is 0 Å². The molecule has 0 saturated heterocycles. The molecule has 0 heterocycles. The largest absolute Gasteiger partial charge is 0.359 e. The van der Waals surface area contributed by atoms with Crippen molar-refractivity contribution < 1.29 is 9.59 Å². The van der Waals surface area contributed by atoms with Gasteiger partial charge in [0.2, 0.25) is 11.8 Å². The Morgan fingerprint density at radius 1 is 1.35 bits per heavy atom. The Hall–Kier alpha value is -1.10. The van der Waals surface area contributed by atoms with Gasteiger partial charge in [-0.15, -0.1) is 0 Å². The summed E-state index contributed by atoms with van der Waals surface area (Å²) in [5.74, 6) is -0.145. The predicted molar refractivity (Wildman–Crippen MR) is 66.2 cm³/mol. The Labute approximate surface area is 103 Å². The zero-order valence-corrected chi connectivity index (χ0v) is 10.9. The first-order valence-electron chi connectivity index (χ1n) is 6.07. The molecule has 4 N–H and O–H groups in total. The first kappa shape index (κ1) is 14.0. The zero-order valence-electron chi connectivity index (χ0n) is 10.9. The van der Waals surface area contributed by atoms with Gasteiger partial charge in [0.15, 0.2) is 0 Å². The standard InChI is InChI=1S/C12H23N3O2/c1-11(2,10(17)14-3)8-15-9(16)7-12(13)5-4-6-12/h4-8,13H2,1-3H3,(H,14,17)(H,15,16). The monoisotopic (exact) mass is 241 g/mol. The lowest BCUT2D eigenvalue weighted by molar-refractivity contribution is -0.129. The number of carbonyl (C=O) groups excluding carboxylic acids is 2. The maximum Gasteiger partial charge on any atom is 0.227 e. The topological polar surface area (TPSA) is 84.2 Å². The summed E-state index contributed by atoms with van der Waals surface area (Å²) in [6, 6.07) is 0. The highest BCUT2D eigenvalue weighted by atomic mass is 16.2. The molecule has 1 aliphatic carbocycles. The fourth-order valence-corrected chi connectivity index (χ4v) is 1.93. The number of nitrogens with two attached hydrogens (primary N) is 1. The lowest BCUT2D eigenvalue weighted by Gasteiger charge is -2.37. The molecular weight excluding hydrogens is 218 g/mol. The van der Waals surface area contributed by atoms with Crippen LogP contribution < -0.4 is 16.4 Å². The molecule has 0 aromatic carbocycles. The minimum atomic E-state index is -0.591. The third-order valence-corrected chi connectivity index (χ3v) is 3.43. The normalized spacial score (nSPS) is 18.1. The Kier molecular flexibility index (Phi) is 4.14. The van der Waals surface area contributed by atoms with Crippen molar-refractivity contribution >= 4 is 11.8 Å². The van der Waals surface area contributed by atoms with Crippen molar-refractivity contribution in [2.24, 2.45) is 11.1 Å². The van der Waals surface area contributed by atoms with Gasteiger partial charge in [0.1, 0.15) is 0 Å². The second-order valence-electron chi connectivity index (χ2n) is 5.63. The van der Waals surface area contributed by atoms with Gasteiger partial charge in [-0.05, 0) is 33.1 Å². The average molecular weight is 241 g/mol. The van der Waals surface area contributed by atoms with Gasteiger partial charge in [0, 0.05) is 25.6 Å². The molecule has 0 atom stereocenters. The van der Waals surface area contributed by atoms with Crippen LogP contribution in [0.3, 0.4) is 0 Å². The van der Waals surface area contributed by atoms with E-state index in [0.717, 1.165) is 19.3 Å². The number of amides is 2. The van der Waals surface area contributed by atoms with Crippen molar-refractivity contribution in [2.45, 2.75) is 45.1 Å². The molecule has 0 radical (unpaired) electrons. The van der Waals surface area contributed by atoms with Crippen molar-refractivity contribution in [3.63, 3.8) is 0 Å². The summed E-state index contributed by atoms with van der Waals surface area (Å²) >= 11 is 0. The van der Waals surface area contributed by atoms with Crippen LogP contribution in [-0.4, -0.2) is 30.9 Å². The highest BCUT2D eigenvalue weighted by Crippen LogP contribution is 2.31. The molecule has 0 bridgehead atoms. The van der Waals surface area contributed by atoms with Crippen LogP contribution in [0.1, 0.15) is 39.5 Å². The molecule has 1 rings (SSSR count). The smallest absolute Gasteiger partial charge is 0.227 e. The number of hydrogen-bond donors (Lipinski definition) is 3. The minimum Gasteiger partial charge on any atom is -0.359 e. The van der Waals surface area contributed by atoms with Crippen molar-refractivity contribution in [1.82, 2.24) is 10.6 Å². The third-order valence-electron chi connectivity index (χ3n) is 3.43. The van der Waals surface area contributed by atoms with Gasteiger partial charge >= 0.3 is 0 Å². The molecule has 17 heavy (non-hydrogen) atoms. The van der Waals surface area contributed by atoms with Crippen LogP contribution in [-0.2, 0) is 9.59 Å². The van der Waals surface area contributed by atoms with E-state index in [9.17, 15) is 9.59 Å². The molecule has 5 nitrogen and oxygen atoms in total. The molecule has 5 heteroatoms. The lowest BCUT2D eigenvalue weighted by atomic mass is 9.75. The summed E-state index contributed by atoms with van der Waals surface area (Å²) in [7, 11) is 1.59. The maximum absolute atomic E-state index is 11.7. The van der Waals surface area contributed by atoms with Gasteiger partial charge in [0.25, 0.3) is 0 Å². The van der Waals surface area contributed by atoms with Gasteiger partial charge in [-0.3, -0.25) is 9.59 Å². The summed E-state index contributed by atoms with van der Waals surface area (Å²) in [5, 5.41) is 5.37. The second-order valence-corrected chi connectivity index (χ2v) is 5.63. The molecule has 1 fully saturated rings. The van der Waals surface area contributed by atoms with Gasteiger partial charge in [0.05, 0.1) is 5.41 Å². The highest BCUT2D eigenvalue weighted by Gasteiger charge is 2.35. The van der Waals surface area contributed by atoms with Crippen LogP contribution in [0.2, 0.25) is 0 Å². The summed E-state index contributed by atoms with van der Waals surface area (Å²) in [6.45, 7) is 3.93. The van der Waals surface area contributed by atoms with E-state index in [-0.39, 0.29) is 17.4 Å². The average Bonchev–Trinajstić information content (AvgIpc) is 2.23. The Morgan fingerprint density at radius 3 is 2.35 bits per heavy atom. The first-order chi connectivity index (χ1) is 7.79. The Bertz CT molecular complexity index is 309. The molecule has 98 valence electrons. The van der Waals surface area contributed by atoms with Crippen LogP contribution in [0.4, 0.5) is 0 Å². The molecular formula is C12H23N3O2. The van der Waals surface area contributed by atoms with Crippen LogP contribution >= 0.6 is 0 Å². The van der Waals surface area contributed by atoms with Crippen molar-refractivity contribution in [3.05, 3.63) is 0 Å². The summed E-state index contributed by atoms with van der Waals surface area (Å²) in [5.41, 5.74) is 5.09. The molecule has 0 unspecified atom stereocenters. The molecule has 2 amide bonds. The Balaban J connectivity index is 2.35. The summed E-state index contributed by atoms with van der Waals surface area (Å²) in [4.78, 5) is 23.2.